The summed E-state index contributed by atoms with van der Waals surface area (Å²) in [5.74, 6) is -0.0149. The van der Waals surface area contributed by atoms with E-state index in [0.29, 0.717) is 0 Å². The second-order valence-corrected chi connectivity index (χ2v) is 1.42. The molecule has 0 atom stereocenters. The first kappa shape index (κ1) is 5.74. The van der Waals surface area contributed by atoms with Crippen LogP contribution in [0.2, 0.25) is 0 Å². The van der Waals surface area contributed by atoms with Crippen molar-refractivity contribution in [3.8, 4) is 0 Å². The van der Waals surface area contributed by atoms with Crippen LogP contribution < -0.4 is 5.32 Å². The van der Waals surface area contributed by atoms with E-state index in [0.717, 1.165) is 0 Å². The van der Waals surface area contributed by atoms with Crippen LogP contribution in [-0.4, -0.2) is 34.3 Å². The van der Waals surface area contributed by atoms with Crippen molar-refractivity contribution in [2.75, 3.05) is 5.32 Å². The third-order valence-corrected chi connectivity index (χ3v) is 0.633. The molecule has 6 nitrogen and oxygen atoms in total. The molecule has 0 radical (unpaired) electrons. The third kappa shape index (κ3) is 1.52. The summed E-state index contributed by atoms with van der Waals surface area (Å²) in [5.41, 5.74) is 0. The minimum absolute atomic E-state index is 0.197. The van der Waals surface area contributed by atoms with Gasteiger partial charge in [-0.1, -0.05) is 5.10 Å². The Balaban J connectivity index is 2.58. The van der Waals surface area contributed by atoms with Crippen LogP contribution in [0.5, 0.6) is 0 Å². The molecule has 7 heteroatoms. The van der Waals surface area contributed by atoms with Crippen molar-refractivity contribution in [2.45, 2.75) is 0 Å². The van der Waals surface area contributed by atoms with Crippen LogP contribution >= 0.6 is 0 Å². The molecule has 2 N–H and O–H groups in total. The number of tetrazole rings is 1. The molecule has 0 saturated carbocycles. The topological polar surface area (TPSA) is 83.6 Å². The molecule has 0 fully saturated rings. The Morgan fingerprint density at radius 3 is 3.00 bits per heavy atom. The van der Waals surface area contributed by atoms with E-state index in [4.69, 9.17) is 0 Å². The van der Waals surface area contributed by atoms with Crippen LogP contribution in [-0.2, 0) is 0 Å². The van der Waals surface area contributed by atoms with Gasteiger partial charge < -0.3 is 5.32 Å². The molecule has 1 aromatic heterocycles. The SMILES string of the molecule is BC(=O)Nc1nn[nH]n1. The molecule has 0 saturated heterocycles. The number of nitrogens with one attached hydrogen (secondary N) is 2. The molecule has 0 aliphatic rings. The molecule has 46 valence electrons. The monoisotopic (exact) mass is 125 g/mol. The van der Waals surface area contributed by atoms with Crippen LogP contribution in [0.1, 0.15) is 0 Å². The number of nitrogens with zero attached hydrogens (tertiary/aromatic N) is 3. The van der Waals surface area contributed by atoms with Crippen LogP contribution in [0.4, 0.5) is 10.7 Å². The van der Waals surface area contributed by atoms with Crippen molar-refractivity contribution in [1.82, 2.24) is 20.6 Å². The normalized spacial score (nSPS) is 8.89. The van der Waals surface area contributed by atoms with Crippen LogP contribution in [0, 0.1) is 0 Å². The summed E-state index contributed by atoms with van der Waals surface area (Å²) in [5, 5.41) is 14.7. The van der Waals surface area contributed by atoms with Gasteiger partial charge in [-0.05, 0) is 5.21 Å². The Labute approximate surface area is 51.4 Å². The molecular formula is C2H4BN5O. The number of aromatic nitrogens is 4. The van der Waals surface area contributed by atoms with Gasteiger partial charge in [-0.2, -0.15) is 5.21 Å². The van der Waals surface area contributed by atoms with E-state index in [2.05, 4.69) is 25.9 Å². The van der Waals surface area contributed by atoms with Crippen molar-refractivity contribution in [3.05, 3.63) is 0 Å². The van der Waals surface area contributed by atoms with Crippen LogP contribution in [0.3, 0.4) is 0 Å². The number of rotatable bonds is 1. The Morgan fingerprint density at radius 1 is 1.78 bits per heavy atom. The quantitative estimate of drug-likeness (QED) is 0.441. The van der Waals surface area contributed by atoms with Crippen molar-refractivity contribution >= 4 is 19.6 Å². The minimum atomic E-state index is -0.212. The first-order valence-corrected chi connectivity index (χ1v) is 2.30. The smallest absolute Gasteiger partial charge is 0.269 e. The maximum Gasteiger partial charge on any atom is 0.269 e. The first-order valence-electron chi connectivity index (χ1n) is 2.30. The average molecular weight is 125 g/mol. The van der Waals surface area contributed by atoms with Crippen molar-refractivity contribution < 1.29 is 4.79 Å². The van der Waals surface area contributed by atoms with E-state index >= 15 is 0 Å². The number of carbonyl (C=O) groups excluding carboxylic acids is 1. The van der Waals surface area contributed by atoms with Crippen molar-refractivity contribution in [1.29, 1.82) is 0 Å². The summed E-state index contributed by atoms with van der Waals surface area (Å²) in [6, 6.07) is 0. The van der Waals surface area contributed by atoms with Gasteiger partial charge in [0.1, 0.15) is 0 Å². The highest BCUT2D eigenvalue weighted by molar-refractivity contribution is 6.60. The molecule has 0 aliphatic heterocycles. The molecule has 1 aromatic rings. The van der Waals surface area contributed by atoms with Gasteiger partial charge in [-0.15, -0.1) is 5.10 Å². The molecule has 1 heterocycles. The summed E-state index contributed by atoms with van der Waals surface area (Å²) in [7, 11) is 1.37. The lowest BCUT2D eigenvalue weighted by Gasteiger charge is -1.88. The van der Waals surface area contributed by atoms with Crippen LogP contribution in [0.25, 0.3) is 0 Å². The van der Waals surface area contributed by atoms with E-state index in [1.54, 1.807) is 0 Å². The average Bonchev–Trinajstić information content (AvgIpc) is 2.15. The fourth-order valence-corrected chi connectivity index (χ4v) is 0.372. The maximum atomic E-state index is 10.3. The number of amides is 1. The first-order chi connectivity index (χ1) is 4.29. The maximum absolute atomic E-state index is 10.3. The number of carbonyl (C=O) groups is 1. The molecule has 0 aliphatic carbocycles. The van der Waals surface area contributed by atoms with Gasteiger partial charge in [-0.25, -0.2) is 0 Å². The highest BCUT2D eigenvalue weighted by atomic mass is 16.1. The van der Waals surface area contributed by atoms with Crippen LogP contribution in [0.15, 0.2) is 0 Å². The zero-order chi connectivity index (χ0) is 6.69. The zero-order valence-electron chi connectivity index (χ0n) is 4.75. The molecule has 0 spiro atoms. The van der Waals surface area contributed by atoms with E-state index in [1.165, 1.54) is 7.85 Å². The molecule has 9 heavy (non-hydrogen) atoms. The Bertz CT molecular complexity index is 195. The molecule has 0 aromatic carbocycles. The second-order valence-electron chi connectivity index (χ2n) is 1.42. The van der Waals surface area contributed by atoms with Crippen molar-refractivity contribution in [3.63, 3.8) is 0 Å². The third-order valence-electron chi connectivity index (χ3n) is 0.633. The standard InChI is InChI=1S/C2H4BN5O/c3-1(9)4-2-5-7-8-6-2/h3H2,(H2,4,5,6,7,8,9). The number of hydrogen-bond donors (Lipinski definition) is 2. The lowest BCUT2D eigenvalue weighted by atomic mass is 10.1. The lowest BCUT2D eigenvalue weighted by Crippen LogP contribution is -2.09. The number of anilines is 1. The largest absolute Gasteiger partial charge is 0.301 e. The molecule has 0 unspecified atom stereocenters. The Hall–Kier alpha value is -1.40. The number of hydrogen-bond acceptors (Lipinski definition) is 4. The Kier molecular flexibility index (Phi) is 1.43. The molecule has 1 rings (SSSR count). The fraction of sp³-hybridized carbons (Fsp3) is 0. The fourth-order valence-electron chi connectivity index (χ4n) is 0.372. The summed E-state index contributed by atoms with van der Waals surface area (Å²) in [4.78, 5) is 10.3. The predicted molar refractivity (Wildman–Crippen MR) is 31.7 cm³/mol. The highest BCUT2D eigenvalue weighted by Crippen LogP contribution is 1.87. The van der Waals surface area contributed by atoms with E-state index in [-0.39, 0.29) is 11.8 Å². The summed E-state index contributed by atoms with van der Waals surface area (Å²) in [6.07, 6.45) is 0. The van der Waals surface area contributed by atoms with E-state index in [9.17, 15) is 4.79 Å². The van der Waals surface area contributed by atoms with Gasteiger partial charge in [-0.3, -0.25) is 4.79 Å². The predicted octanol–water partition coefficient (Wildman–Crippen LogP) is -1.64. The highest BCUT2D eigenvalue weighted by Gasteiger charge is 1.96. The molecule has 1 amide bonds. The summed E-state index contributed by atoms with van der Waals surface area (Å²) >= 11 is 0. The van der Waals surface area contributed by atoms with Gasteiger partial charge in [0.15, 0.2) is 5.81 Å². The van der Waals surface area contributed by atoms with Gasteiger partial charge in [0.05, 0.1) is 0 Å². The number of aromatic amines is 1. The van der Waals surface area contributed by atoms with Gasteiger partial charge in [0.25, 0.3) is 5.95 Å². The molecule has 0 bridgehead atoms. The second kappa shape index (κ2) is 2.25. The number of H-pyrrole nitrogens is 1. The van der Waals surface area contributed by atoms with Gasteiger partial charge in [0.2, 0.25) is 7.85 Å². The zero-order valence-corrected chi connectivity index (χ0v) is 4.75. The molecular weight excluding hydrogens is 121 g/mol. The summed E-state index contributed by atoms with van der Waals surface area (Å²) < 4.78 is 0. The van der Waals surface area contributed by atoms with E-state index in [1.807, 2.05) is 0 Å². The minimum Gasteiger partial charge on any atom is -0.301 e. The summed E-state index contributed by atoms with van der Waals surface area (Å²) in [6.45, 7) is 0. The Morgan fingerprint density at radius 2 is 2.56 bits per heavy atom. The van der Waals surface area contributed by atoms with Crippen molar-refractivity contribution in [2.24, 2.45) is 0 Å². The van der Waals surface area contributed by atoms with E-state index < -0.39 is 0 Å². The lowest BCUT2D eigenvalue weighted by molar-refractivity contribution is 0.268. The van der Waals surface area contributed by atoms with Gasteiger partial charge >= 0.3 is 0 Å². The van der Waals surface area contributed by atoms with Gasteiger partial charge in [0, 0.05) is 0 Å².